The molecule has 1 N–H and O–H groups in total. The van der Waals surface area contributed by atoms with Gasteiger partial charge in [-0.15, -0.1) is 11.3 Å². The summed E-state index contributed by atoms with van der Waals surface area (Å²) in [7, 11) is 2.15. The van der Waals surface area contributed by atoms with Crippen molar-refractivity contribution in [3.8, 4) is 0 Å². The molecule has 0 fully saturated rings. The number of hydrogen-bond acceptors (Lipinski definition) is 5. The molecule has 7 heteroatoms. The Balaban J connectivity index is 2.81. The summed E-state index contributed by atoms with van der Waals surface area (Å²) in [5.74, 6) is 0. The van der Waals surface area contributed by atoms with E-state index in [1.165, 1.54) is 15.6 Å². The summed E-state index contributed by atoms with van der Waals surface area (Å²) in [5.41, 5.74) is 1.04. The highest BCUT2D eigenvalue weighted by molar-refractivity contribution is 7.91. The first-order valence-electron chi connectivity index (χ1n) is 7.20. The lowest BCUT2D eigenvalue weighted by molar-refractivity contribution is 0.359. The molecule has 0 radical (unpaired) electrons. The van der Waals surface area contributed by atoms with Crippen molar-refractivity contribution in [1.82, 2.24) is 14.5 Å². The van der Waals surface area contributed by atoms with Crippen molar-refractivity contribution in [3.05, 3.63) is 16.5 Å². The summed E-state index contributed by atoms with van der Waals surface area (Å²) in [4.78, 5) is 3.08. The van der Waals surface area contributed by atoms with E-state index in [1.54, 1.807) is 13.1 Å². The smallest absolute Gasteiger partial charge is 0.252 e. The Labute approximate surface area is 133 Å². The van der Waals surface area contributed by atoms with Crippen LogP contribution in [0, 0.1) is 6.92 Å². The van der Waals surface area contributed by atoms with Crippen molar-refractivity contribution >= 4 is 21.4 Å². The second-order valence-electron chi connectivity index (χ2n) is 5.48. The number of nitrogens with one attached hydrogen (secondary N) is 1. The average Bonchev–Trinajstić information content (AvgIpc) is 2.78. The maximum Gasteiger partial charge on any atom is 0.252 e. The van der Waals surface area contributed by atoms with Gasteiger partial charge in [-0.25, -0.2) is 8.42 Å². The molecule has 1 aromatic heterocycles. The molecule has 1 aromatic rings. The van der Waals surface area contributed by atoms with Gasteiger partial charge >= 0.3 is 0 Å². The zero-order valence-electron chi connectivity index (χ0n) is 13.6. The lowest BCUT2D eigenvalue weighted by Gasteiger charge is -2.18. The van der Waals surface area contributed by atoms with Crippen molar-refractivity contribution in [2.45, 2.75) is 31.0 Å². The topological polar surface area (TPSA) is 52.7 Å². The Kier molecular flexibility index (Phi) is 7.29. The molecule has 0 amide bonds. The molecule has 0 spiro atoms. The minimum absolute atomic E-state index is 0.439. The zero-order valence-corrected chi connectivity index (χ0v) is 15.3. The third kappa shape index (κ3) is 5.34. The highest BCUT2D eigenvalue weighted by Crippen LogP contribution is 2.27. The molecule has 0 aliphatic carbocycles. The zero-order chi connectivity index (χ0) is 16.0. The molecule has 0 unspecified atom stereocenters. The molecule has 0 bridgehead atoms. The Morgan fingerprint density at radius 1 is 1.24 bits per heavy atom. The second-order valence-corrected chi connectivity index (χ2v) is 8.89. The van der Waals surface area contributed by atoms with Crippen LogP contribution in [-0.4, -0.2) is 58.4 Å². The maximum atomic E-state index is 12.5. The molecular formula is C14H27N3O2S2. The van der Waals surface area contributed by atoms with Gasteiger partial charge in [-0.1, -0.05) is 6.92 Å². The predicted octanol–water partition coefficient (Wildman–Crippen LogP) is 1.74. The largest absolute Gasteiger partial charge is 0.312 e. The molecule has 0 saturated carbocycles. The van der Waals surface area contributed by atoms with Gasteiger partial charge in [0, 0.05) is 31.6 Å². The summed E-state index contributed by atoms with van der Waals surface area (Å²) in [6.07, 6.45) is 1.07. The quantitative estimate of drug-likeness (QED) is 0.700. The van der Waals surface area contributed by atoms with Crippen LogP contribution >= 0.6 is 11.3 Å². The fourth-order valence-corrected chi connectivity index (χ4v) is 4.72. The van der Waals surface area contributed by atoms with Crippen molar-refractivity contribution in [3.63, 3.8) is 0 Å². The number of sulfonamides is 1. The highest BCUT2D eigenvalue weighted by atomic mass is 32.2. The van der Waals surface area contributed by atoms with Crippen LogP contribution < -0.4 is 5.32 Å². The van der Waals surface area contributed by atoms with Crippen LogP contribution in [0.2, 0.25) is 0 Å². The van der Waals surface area contributed by atoms with Gasteiger partial charge in [0.2, 0.25) is 0 Å². The third-order valence-corrected chi connectivity index (χ3v) is 6.78. The molecule has 0 aromatic carbocycles. The van der Waals surface area contributed by atoms with E-state index in [-0.39, 0.29) is 0 Å². The number of hydrogen-bond donors (Lipinski definition) is 1. The van der Waals surface area contributed by atoms with Crippen molar-refractivity contribution in [2.24, 2.45) is 0 Å². The first kappa shape index (κ1) is 18.6. The summed E-state index contributed by atoms with van der Waals surface area (Å²) in [5, 5.41) is 3.32. The van der Waals surface area contributed by atoms with Crippen LogP contribution in [0.15, 0.2) is 10.3 Å². The van der Waals surface area contributed by atoms with Gasteiger partial charge in [0.25, 0.3) is 10.0 Å². The van der Waals surface area contributed by atoms with Gasteiger partial charge in [0.1, 0.15) is 4.21 Å². The van der Waals surface area contributed by atoms with E-state index in [9.17, 15) is 8.42 Å². The molecule has 0 aliphatic heterocycles. The van der Waals surface area contributed by atoms with E-state index in [0.717, 1.165) is 30.0 Å². The van der Waals surface area contributed by atoms with E-state index in [1.807, 2.05) is 25.9 Å². The van der Waals surface area contributed by atoms with Crippen molar-refractivity contribution < 1.29 is 8.42 Å². The summed E-state index contributed by atoms with van der Waals surface area (Å²) >= 11 is 1.37. The molecule has 0 atom stereocenters. The number of aryl methyl sites for hydroxylation is 1. The molecule has 21 heavy (non-hydrogen) atoms. The molecule has 0 saturated heterocycles. The standard InChI is InChI=1S/C14H27N3O2S2/c1-6-7-15-11-13-12(2)10-14(20-13)21(18,19)17(5)9-8-16(3)4/h10,15H,6-9,11H2,1-5H3. The molecular weight excluding hydrogens is 306 g/mol. The van der Waals surface area contributed by atoms with Crippen LogP contribution in [0.3, 0.4) is 0 Å². The number of likely N-dealkylation sites (N-methyl/N-ethyl adjacent to an activating group) is 2. The maximum absolute atomic E-state index is 12.5. The Hall–Kier alpha value is -0.470. The van der Waals surface area contributed by atoms with Crippen LogP contribution in [0.5, 0.6) is 0 Å². The fourth-order valence-electron chi connectivity index (χ4n) is 1.78. The molecule has 0 aliphatic rings. The van der Waals surface area contributed by atoms with Gasteiger partial charge < -0.3 is 10.2 Å². The third-order valence-electron chi connectivity index (χ3n) is 3.24. The number of rotatable bonds is 9. The Morgan fingerprint density at radius 2 is 1.90 bits per heavy atom. The van der Waals surface area contributed by atoms with E-state index in [2.05, 4.69) is 12.2 Å². The lowest BCUT2D eigenvalue weighted by Crippen LogP contribution is -2.33. The Morgan fingerprint density at radius 3 is 2.48 bits per heavy atom. The first-order valence-corrected chi connectivity index (χ1v) is 9.45. The van der Waals surface area contributed by atoms with Crippen LogP contribution in [0.1, 0.15) is 23.8 Å². The van der Waals surface area contributed by atoms with Gasteiger partial charge in [-0.3, -0.25) is 0 Å². The predicted molar refractivity (Wildman–Crippen MR) is 89.4 cm³/mol. The van der Waals surface area contributed by atoms with Gasteiger partial charge in [0.15, 0.2) is 0 Å². The van der Waals surface area contributed by atoms with Gasteiger partial charge in [-0.2, -0.15) is 4.31 Å². The van der Waals surface area contributed by atoms with E-state index in [4.69, 9.17) is 0 Å². The average molecular weight is 334 g/mol. The van der Waals surface area contributed by atoms with Crippen molar-refractivity contribution in [1.29, 1.82) is 0 Å². The first-order chi connectivity index (χ1) is 9.78. The Bertz CT molecular complexity index is 538. The molecule has 122 valence electrons. The van der Waals surface area contributed by atoms with Crippen molar-refractivity contribution in [2.75, 3.05) is 40.8 Å². The summed E-state index contributed by atoms with van der Waals surface area (Å²) in [6, 6.07) is 1.79. The minimum atomic E-state index is -3.37. The van der Waals surface area contributed by atoms with E-state index < -0.39 is 10.0 Å². The fraction of sp³-hybridized carbons (Fsp3) is 0.714. The second kappa shape index (κ2) is 8.24. The highest BCUT2D eigenvalue weighted by Gasteiger charge is 2.23. The number of thiophene rings is 1. The summed E-state index contributed by atoms with van der Waals surface area (Å²) < 4.78 is 26.9. The van der Waals surface area contributed by atoms with E-state index >= 15 is 0 Å². The van der Waals surface area contributed by atoms with E-state index in [0.29, 0.717) is 17.3 Å². The van der Waals surface area contributed by atoms with Gasteiger partial charge in [0.05, 0.1) is 0 Å². The monoisotopic (exact) mass is 333 g/mol. The number of nitrogens with zero attached hydrogens (tertiary/aromatic N) is 2. The SMILES string of the molecule is CCCNCc1sc(S(=O)(=O)N(C)CCN(C)C)cc1C. The minimum Gasteiger partial charge on any atom is -0.312 e. The van der Waals surface area contributed by atoms with Crippen LogP contribution in [0.25, 0.3) is 0 Å². The lowest BCUT2D eigenvalue weighted by atomic mass is 10.3. The van der Waals surface area contributed by atoms with Crippen LogP contribution in [0.4, 0.5) is 0 Å². The summed E-state index contributed by atoms with van der Waals surface area (Å²) in [6.45, 7) is 6.98. The molecule has 1 heterocycles. The molecule has 5 nitrogen and oxygen atoms in total. The molecule has 1 rings (SSSR count). The normalized spacial score (nSPS) is 12.5. The van der Waals surface area contributed by atoms with Crippen LogP contribution in [-0.2, 0) is 16.6 Å². The van der Waals surface area contributed by atoms with Gasteiger partial charge in [-0.05, 0) is 45.6 Å².